The number of hydrogen-bond acceptors (Lipinski definition) is 3. The van der Waals surface area contributed by atoms with Gasteiger partial charge in [0, 0.05) is 12.1 Å². The standard InChI is InChI=1S/C16H12N3S/c1-19-8-6-12(7-9-19)10-13(11-17)16-18-14-4-2-3-5-15(14)20-16/h2-10H,1H3/q+1. The molecule has 3 rings (SSSR count). The lowest BCUT2D eigenvalue weighted by molar-refractivity contribution is -0.671. The summed E-state index contributed by atoms with van der Waals surface area (Å²) in [6.45, 7) is 0. The molecule has 3 aromatic rings. The van der Waals surface area contributed by atoms with Crippen LogP contribution in [0.25, 0.3) is 21.9 Å². The number of benzene rings is 1. The van der Waals surface area contributed by atoms with Crippen LogP contribution in [0.4, 0.5) is 0 Å². The molecule has 0 spiro atoms. The summed E-state index contributed by atoms with van der Waals surface area (Å²) >= 11 is 1.55. The third-order valence-corrected chi connectivity index (χ3v) is 4.03. The summed E-state index contributed by atoms with van der Waals surface area (Å²) < 4.78 is 3.06. The van der Waals surface area contributed by atoms with Crippen molar-refractivity contribution < 1.29 is 4.57 Å². The normalized spacial score (nSPS) is 11.5. The van der Waals surface area contributed by atoms with E-state index in [1.54, 1.807) is 11.3 Å². The molecule has 96 valence electrons. The number of thiazole rings is 1. The van der Waals surface area contributed by atoms with Crippen molar-refractivity contribution in [1.29, 1.82) is 5.26 Å². The number of hydrogen-bond donors (Lipinski definition) is 0. The van der Waals surface area contributed by atoms with E-state index in [1.807, 2.05) is 66.5 Å². The fraction of sp³-hybridized carbons (Fsp3) is 0.0625. The number of para-hydroxylation sites is 1. The zero-order valence-electron chi connectivity index (χ0n) is 10.9. The molecule has 3 nitrogen and oxygen atoms in total. The largest absolute Gasteiger partial charge is 0.235 e. The first-order valence-electron chi connectivity index (χ1n) is 6.19. The van der Waals surface area contributed by atoms with Crippen LogP contribution in [0.1, 0.15) is 10.6 Å². The molecule has 0 unspecified atom stereocenters. The number of aryl methyl sites for hydroxylation is 1. The number of nitrogens with zero attached hydrogens (tertiary/aromatic N) is 3. The van der Waals surface area contributed by atoms with Crippen molar-refractivity contribution in [2.45, 2.75) is 0 Å². The van der Waals surface area contributed by atoms with Gasteiger partial charge in [-0.15, -0.1) is 11.3 Å². The highest BCUT2D eigenvalue weighted by Gasteiger charge is 2.08. The van der Waals surface area contributed by atoms with Crippen LogP contribution in [-0.4, -0.2) is 4.98 Å². The van der Waals surface area contributed by atoms with Crippen molar-refractivity contribution in [2.75, 3.05) is 0 Å². The lowest BCUT2D eigenvalue weighted by atomic mass is 10.2. The highest BCUT2D eigenvalue weighted by molar-refractivity contribution is 7.19. The van der Waals surface area contributed by atoms with Crippen LogP contribution in [0, 0.1) is 11.3 Å². The summed E-state index contributed by atoms with van der Waals surface area (Å²) in [5.41, 5.74) is 2.53. The van der Waals surface area contributed by atoms with E-state index < -0.39 is 0 Å². The average molecular weight is 278 g/mol. The quantitative estimate of drug-likeness (QED) is 0.533. The van der Waals surface area contributed by atoms with Gasteiger partial charge in [0.25, 0.3) is 0 Å². The van der Waals surface area contributed by atoms with Gasteiger partial charge in [-0.3, -0.25) is 0 Å². The Morgan fingerprint density at radius 3 is 2.70 bits per heavy atom. The zero-order chi connectivity index (χ0) is 13.9. The molecule has 0 fully saturated rings. The van der Waals surface area contributed by atoms with Gasteiger partial charge in [-0.05, 0) is 23.8 Å². The van der Waals surface area contributed by atoms with Crippen LogP contribution in [0.5, 0.6) is 0 Å². The van der Waals surface area contributed by atoms with Gasteiger partial charge in [0.05, 0.1) is 15.8 Å². The van der Waals surface area contributed by atoms with Gasteiger partial charge in [0.15, 0.2) is 12.4 Å². The van der Waals surface area contributed by atoms with Crippen LogP contribution in [0.2, 0.25) is 0 Å². The van der Waals surface area contributed by atoms with E-state index in [2.05, 4.69) is 11.1 Å². The fourth-order valence-electron chi connectivity index (χ4n) is 1.90. The maximum Gasteiger partial charge on any atom is 0.169 e. The number of nitriles is 1. The van der Waals surface area contributed by atoms with Gasteiger partial charge < -0.3 is 0 Å². The van der Waals surface area contributed by atoms with Gasteiger partial charge in [0.2, 0.25) is 0 Å². The van der Waals surface area contributed by atoms with Crippen molar-refractivity contribution in [3.8, 4) is 6.07 Å². The third-order valence-electron chi connectivity index (χ3n) is 2.96. The highest BCUT2D eigenvalue weighted by Crippen LogP contribution is 2.27. The Labute approximate surface area is 121 Å². The molecule has 0 atom stereocenters. The van der Waals surface area contributed by atoms with E-state index in [9.17, 15) is 5.26 Å². The molecule has 20 heavy (non-hydrogen) atoms. The molecular formula is C16H12N3S+. The van der Waals surface area contributed by atoms with Crippen molar-refractivity contribution in [1.82, 2.24) is 4.98 Å². The van der Waals surface area contributed by atoms with E-state index >= 15 is 0 Å². The Morgan fingerprint density at radius 2 is 2.00 bits per heavy atom. The zero-order valence-corrected chi connectivity index (χ0v) is 11.8. The number of pyridine rings is 1. The first-order chi connectivity index (χ1) is 9.76. The first-order valence-corrected chi connectivity index (χ1v) is 7.01. The van der Waals surface area contributed by atoms with E-state index in [1.165, 1.54) is 0 Å². The highest BCUT2D eigenvalue weighted by atomic mass is 32.1. The predicted octanol–water partition coefficient (Wildman–Crippen LogP) is 3.18. The topological polar surface area (TPSA) is 40.6 Å². The molecular weight excluding hydrogens is 266 g/mol. The summed E-state index contributed by atoms with van der Waals surface area (Å²) in [6.07, 6.45) is 5.79. The third kappa shape index (κ3) is 2.44. The molecule has 4 heteroatoms. The molecule has 0 aliphatic heterocycles. The smallest absolute Gasteiger partial charge is 0.169 e. The van der Waals surface area contributed by atoms with Crippen LogP contribution in [0.15, 0.2) is 48.8 Å². The van der Waals surface area contributed by atoms with Crippen molar-refractivity contribution >= 4 is 33.2 Å². The second-order valence-corrected chi connectivity index (χ2v) is 5.48. The minimum atomic E-state index is 0.597. The molecule has 0 N–H and O–H groups in total. The number of aromatic nitrogens is 2. The second kappa shape index (κ2) is 5.24. The van der Waals surface area contributed by atoms with Gasteiger partial charge >= 0.3 is 0 Å². The molecule has 1 aromatic carbocycles. The predicted molar refractivity (Wildman–Crippen MR) is 80.7 cm³/mol. The van der Waals surface area contributed by atoms with Gasteiger partial charge in [-0.1, -0.05) is 12.1 Å². The molecule has 0 amide bonds. The van der Waals surface area contributed by atoms with Crippen LogP contribution < -0.4 is 4.57 Å². The second-order valence-electron chi connectivity index (χ2n) is 4.45. The Balaban J connectivity index is 2.05. The summed E-state index contributed by atoms with van der Waals surface area (Å²) in [4.78, 5) is 4.52. The number of allylic oxidation sites excluding steroid dienone is 1. The summed E-state index contributed by atoms with van der Waals surface area (Å²) in [6, 6.07) is 14.1. The molecule has 0 aliphatic carbocycles. The van der Waals surface area contributed by atoms with Crippen LogP contribution in [-0.2, 0) is 7.05 Å². The van der Waals surface area contributed by atoms with Gasteiger partial charge in [-0.25, -0.2) is 9.55 Å². The Bertz CT molecular complexity index is 790. The summed E-state index contributed by atoms with van der Waals surface area (Å²) in [5, 5.41) is 10.1. The monoisotopic (exact) mass is 278 g/mol. The van der Waals surface area contributed by atoms with Crippen LogP contribution >= 0.6 is 11.3 Å². The van der Waals surface area contributed by atoms with E-state index in [4.69, 9.17) is 0 Å². The molecule has 0 saturated carbocycles. The molecule has 2 aromatic heterocycles. The summed E-state index contributed by atoms with van der Waals surface area (Å²) in [7, 11) is 1.96. The van der Waals surface area contributed by atoms with Crippen molar-refractivity contribution in [2.24, 2.45) is 7.05 Å². The Kier molecular flexibility index (Phi) is 3.28. The maximum atomic E-state index is 9.36. The van der Waals surface area contributed by atoms with Crippen molar-refractivity contribution in [3.63, 3.8) is 0 Å². The van der Waals surface area contributed by atoms with E-state index in [0.717, 1.165) is 20.8 Å². The fourth-order valence-corrected chi connectivity index (χ4v) is 2.84. The summed E-state index contributed by atoms with van der Waals surface area (Å²) in [5.74, 6) is 0. The average Bonchev–Trinajstić information content (AvgIpc) is 2.90. The molecule has 0 saturated heterocycles. The minimum Gasteiger partial charge on any atom is -0.235 e. The molecule has 2 heterocycles. The van der Waals surface area contributed by atoms with E-state index in [0.29, 0.717) is 5.57 Å². The number of rotatable bonds is 2. The van der Waals surface area contributed by atoms with Gasteiger partial charge in [0.1, 0.15) is 18.1 Å². The lowest BCUT2D eigenvalue weighted by Gasteiger charge is -1.94. The molecule has 0 radical (unpaired) electrons. The minimum absolute atomic E-state index is 0.597. The Hall–Kier alpha value is -2.51. The SMILES string of the molecule is C[n+]1ccc(C=C(C#N)c2nc3ccccc3s2)cc1. The van der Waals surface area contributed by atoms with Crippen molar-refractivity contribution in [3.05, 3.63) is 59.4 Å². The lowest BCUT2D eigenvalue weighted by Crippen LogP contribution is -2.25. The molecule has 0 aliphatic rings. The maximum absolute atomic E-state index is 9.36. The van der Waals surface area contributed by atoms with Gasteiger partial charge in [-0.2, -0.15) is 5.26 Å². The number of fused-ring (bicyclic) bond motifs is 1. The van der Waals surface area contributed by atoms with E-state index in [-0.39, 0.29) is 0 Å². The molecule has 0 bridgehead atoms. The van der Waals surface area contributed by atoms with Crippen LogP contribution in [0.3, 0.4) is 0 Å². The first kappa shape index (κ1) is 12.5. The Morgan fingerprint density at radius 1 is 1.25 bits per heavy atom.